The highest BCUT2D eigenvalue weighted by atomic mass is 35.5. The van der Waals surface area contributed by atoms with E-state index in [-0.39, 0.29) is 18.9 Å². The number of carbonyl (C=O) groups excluding carboxylic acids is 2. The molecule has 0 atom stereocenters. The quantitative estimate of drug-likeness (QED) is 0.369. The second-order valence-corrected chi connectivity index (χ2v) is 11.3. The molecule has 35 heavy (non-hydrogen) atoms. The van der Waals surface area contributed by atoms with Crippen LogP contribution in [-0.2, 0) is 14.3 Å². The third-order valence-corrected chi connectivity index (χ3v) is 8.29. The van der Waals surface area contributed by atoms with Crippen LogP contribution in [0.4, 0.5) is 0 Å². The van der Waals surface area contributed by atoms with Gasteiger partial charge in [0.2, 0.25) is 5.91 Å². The van der Waals surface area contributed by atoms with E-state index in [4.69, 9.17) is 50.9 Å². The first-order valence-electron chi connectivity index (χ1n) is 10.8. The summed E-state index contributed by atoms with van der Waals surface area (Å²) >= 11 is 20.6. The molecule has 2 aliphatic rings. The van der Waals surface area contributed by atoms with Crippen molar-refractivity contribution in [3.8, 4) is 10.6 Å². The predicted octanol–water partition coefficient (Wildman–Crippen LogP) is 4.54. The molecule has 2 saturated heterocycles. The van der Waals surface area contributed by atoms with E-state index in [0.29, 0.717) is 24.3 Å². The van der Waals surface area contributed by atoms with Crippen LogP contribution in [0.2, 0.25) is 10.0 Å². The Morgan fingerprint density at radius 3 is 2.80 bits per heavy atom. The molecule has 0 aliphatic carbocycles. The number of amides is 2. The number of benzene rings is 1. The number of hydrogen-bond acceptors (Lipinski definition) is 8. The summed E-state index contributed by atoms with van der Waals surface area (Å²) in [6.07, 6.45) is 5.84. The number of rotatable bonds is 8. The average molecular weight is 570 g/mol. The molecule has 2 N–H and O–H groups in total. The van der Waals surface area contributed by atoms with Crippen LogP contribution in [0, 0.1) is 0 Å². The van der Waals surface area contributed by atoms with Crippen LogP contribution in [0.25, 0.3) is 22.7 Å². The molecule has 184 valence electrons. The van der Waals surface area contributed by atoms with Gasteiger partial charge in [0.05, 0.1) is 33.7 Å². The summed E-state index contributed by atoms with van der Waals surface area (Å²) < 4.78 is 5.80. The minimum Gasteiger partial charge on any atom is -0.379 e. The van der Waals surface area contributed by atoms with E-state index in [2.05, 4.69) is 11.0 Å². The number of primary amides is 1. The van der Waals surface area contributed by atoms with Gasteiger partial charge in [-0.15, -0.1) is 11.3 Å². The van der Waals surface area contributed by atoms with E-state index in [9.17, 15) is 9.59 Å². The molecule has 1 aromatic heterocycles. The Hall–Kier alpha value is -1.79. The molecule has 3 heterocycles. The molecule has 0 spiro atoms. The molecule has 4 rings (SSSR count). The van der Waals surface area contributed by atoms with Gasteiger partial charge in [0, 0.05) is 43.2 Å². The number of thiocarbonyl (C=S) groups is 1. The summed E-state index contributed by atoms with van der Waals surface area (Å²) in [5.41, 5.74) is 6.68. The van der Waals surface area contributed by atoms with Crippen molar-refractivity contribution in [1.29, 1.82) is 0 Å². The first-order chi connectivity index (χ1) is 16.8. The maximum absolute atomic E-state index is 12.9. The van der Waals surface area contributed by atoms with Gasteiger partial charge < -0.3 is 10.5 Å². The highest BCUT2D eigenvalue weighted by Gasteiger charge is 2.32. The number of halogens is 2. The lowest BCUT2D eigenvalue weighted by molar-refractivity contribution is -0.123. The lowest BCUT2D eigenvalue weighted by atomic mass is 10.2. The molecule has 0 bridgehead atoms. The third-order valence-electron chi connectivity index (χ3n) is 5.30. The van der Waals surface area contributed by atoms with Crippen molar-refractivity contribution in [1.82, 2.24) is 14.8 Å². The van der Waals surface area contributed by atoms with E-state index in [1.54, 1.807) is 24.3 Å². The number of thioether (sulfide) groups is 1. The molecule has 2 fully saturated rings. The van der Waals surface area contributed by atoms with Gasteiger partial charge in [-0.3, -0.25) is 19.4 Å². The molecule has 2 aromatic rings. The summed E-state index contributed by atoms with van der Waals surface area (Å²) in [6.45, 7) is 4.14. The van der Waals surface area contributed by atoms with E-state index >= 15 is 0 Å². The van der Waals surface area contributed by atoms with E-state index in [1.807, 2.05) is 6.08 Å². The summed E-state index contributed by atoms with van der Waals surface area (Å²) in [5.74, 6) is -0.735. The van der Waals surface area contributed by atoms with Crippen LogP contribution in [0.1, 0.15) is 17.0 Å². The fourth-order valence-corrected chi connectivity index (χ4v) is 6.30. The van der Waals surface area contributed by atoms with Crippen molar-refractivity contribution in [2.45, 2.75) is 6.42 Å². The normalized spacial score (nSPS) is 18.3. The van der Waals surface area contributed by atoms with Gasteiger partial charge in [0.15, 0.2) is 0 Å². The standard InChI is InChI=1S/C23H22Cl2N4O3S3/c24-14-3-4-16(25)15(12-14)21-27-17(2-1-6-28-8-10-32-11-9-28)18(34-21)13-19-22(31)29(23(33)35-19)7-5-20(26)30/h1-4,12-13H,5-11H2,(H2,26,30). The second-order valence-electron chi connectivity index (χ2n) is 7.76. The van der Waals surface area contributed by atoms with E-state index in [1.165, 1.54) is 28.0 Å². The molecular weight excluding hydrogens is 547 g/mol. The molecule has 0 saturated carbocycles. The van der Waals surface area contributed by atoms with Crippen molar-refractivity contribution in [3.63, 3.8) is 0 Å². The van der Waals surface area contributed by atoms with Gasteiger partial charge in [-0.2, -0.15) is 0 Å². The average Bonchev–Trinajstić information content (AvgIpc) is 3.34. The fourth-order valence-electron chi connectivity index (χ4n) is 3.47. The lowest BCUT2D eigenvalue weighted by Crippen LogP contribution is -2.36. The molecule has 1 aromatic carbocycles. The third kappa shape index (κ3) is 6.71. The zero-order chi connectivity index (χ0) is 24.9. The maximum atomic E-state index is 12.9. The topological polar surface area (TPSA) is 88.8 Å². The summed E-state index contributed by atoms with van der Waals surface area (Å²) in [6, 6.07) is 5.23. The molecular formula is C23H22Cl2N4O3S3. The first-order valence-corrected chi connectivity index (χ1v) is 13.6. The zero-order valence-corrected chi connectivity index (χ0v) is 22.5. The van der Waals surface area contributed by atoms with E-state index < -0.39 is 5.91 Å². The Morgan fingerprint density at radius 1 is 1.29 bits per heavy atom. The zero-order valence-electron chi connectivity index (χ0n) is 18.5. The Balaban J connectivity index is 1.64. The smallest absolute Gasteiger partial charge is 0.266 e. The van der Waals surface area contributed by atoms with Crippen molar-refractivity contribution in [2.24, 2.45) is 5.73 Å². The fraction of sp³-hybridized carbons (Fsp3) is 0.304. The molecule has 2 amide bonds. The maximum Gasteiger partial charge on any atom is 0.266 e. The van der Waals surface area contributed by atoms with Gasteiger partial charge in [-0.05, 0) is 30.4 Å². The molecule has 0 unspecified atom stereocenters. The Kier molecular flexibility index (Phi) is 8.98. The number of nitrogens with zero attached hydrogens (tertiary/aromatic N) is 3. The van der Waals surface area contributed by atoms with Gasteiger partial charge in [0.1, 0.15) is 9.33 Å². The molecule has 12 heteroatoms. The Labute approximate surface area is 226 Å². The van der Waals surface area contributed by atoms with Gasteiger partial charge >= 0.3 is 0 Å². The van der Waals surface area contributed by atoms with Gasteiger partial charge in [-0.25, -0.2) is 4.98 Å². The van der Waals surface area contributed by atoms with Crippen LogP contribution < -0.4 is 5.73 Å². The summed E-state index contributed by atoms with van der Waals surface area (Å²) in [4.78, 5) is 33.9. The number of morpholine rings is 1. The Bertz CT molecular complexity index is 1210. The van der Waals surface area contributed by atoms with Crippen molar-refractivity contribution >= 4 is 86.8 Å². The number of thiazole rings is 1. The largest absolute Gasteiger partial charge is 0.379 e. The predicted molar refractivity (Wildman–Crippen MR) is 148 cm³/mol. The molecule has 2 aliphatic heterocycles. The monoisotopic (exact) mass is 568 g/mol. The van der Waals surface area contributed by atoms with Gasteiger partial charge in [-0.1, -0.05) is 53.3 Å². The SMILES string of the molecule is NC(=O)CCN1C(=O)C(=Cc2sc(-c3cc(Cl)ccc3Cl)nc2C=CCN2CCOCC2)SC1=S. The molecule has 0 radical (unpaired) electrons. The van der Waals surface area contributed by atoms with Crippen LogP contribution >= 0.6 is 58.5 Å². The second kappa shape index (κ2) is 12.0. The summed E-state index contributed by atoms with van der Waals surface area (Å²) in [5, 5.41) is 1.79. The van der Waals surface area contributed by atoms with Crippen molar-refractivity contribution in [3.05, 3.63) is 49.8 Å². The minimum atomic E-state index is -0.485. The first kappa shape index (κ1) is 26.3. The van der Waals surface area contributed by atoms with Crippen molar-refractivity contribution < 1.29 is 14.3 Å². The number of aromatic nitrogens is 1. The summed E-state index contributed by atoms with van der Waals surface area (Å²) in [7, 11) is 0. The Morgan fingerprint density at radius 2 is 2.06 bits per heavy atom. The van der Waals surface area contributed by atoms with Crippen LogP contribution in [0.15, 0.2) is 29.2 Å². The number of carbonyl (C=O) groups is 2. The van der Waals surface area contributed by atoms with Crippen molar-refractivity contribution in [2.75, 3.05) is 39.4 Å². The highest BCUT2D eigenvalue weighted by Crippen LogP contribution is 2.39. The van der Waals surface area contributed by atoms with E-state index in [0.717, 1.165) is 49.0 Å². The number of ether oxygens (including phenoxy) is 1. The minimum absolute atomic E-state index is 0.0488. The van der Waals surface area contributed by atoms with Crippen LogP contribution in [0.3, 0.4) is 0 Å². The van der Waals surface area contributed by atoms with Gasteiger partial charge in [0.25, 0.3) is 5.91 Å². The highest BCUT2D eigenvalue weighted by molar-refractivity contribution is 8.26. The molecule has 7 nitrogen and oxygen atoms in total. The lowest BCUT2D eigenvalue weighted by Gasteiger charge is -2.25. The number of hydrogen-bond donors (Lipinski definition) is 1. The number of nitrogens with two attached hydrogens (primary N) is 1. The van der Waals surface area contributed by atoms with Crippen LogP contribution in [0.5, 0.6) is 0 Å². The van der Waals surface area contributed by atoms with Crippen LogP contribution in [-0.4, -0.2) is 70.3 Å².